The quantitative estimate of drug-likeness (QED) is 0.123. The molecule has 1 aliphatic rings. The molecule has 0 radical (unpaired) electrons. The molecule has 0 spiro atoms. The van der Waals surface area contributed by atoms with E-state index in [2.05, 4.69) is 16.0 Å². The highest BCUT2D eigenvalue weighted by Gasteiger charge is 2.23. The number of hydrogen-bond acceptors (Lipinski definition) is 8. The molecule has 1 fully saturated rings. The Hall–Kier alpha value is -4.06. The van der Waals surface area contributed by atoms with E-state index >= 15 is 0 Å². The summed E-state index contributed by atoms with van der Waals surface area (Å²) < 4.78 is 10.7. The summed E-state index contributed by atoms with van der Waals surface area (Å²) in [7, 11) is 0. The molecule has 2 aromatic rings. The van der Waals surface area contributed by atoms with Crippen molar-refractivity contribution in [2.75, 3.05) is 26.2 Å². The highest BCUT2D eigenvalue weighted by molar-refractivity contribution is 5.99. The van der Waals surface area contributed by atoms with Crippen LogP contribution in [0.1, 0.15) is 40.7 Å². The van der Waals surface area contributed by atoms with Crippen molar-refractivity contribution in [2.45, 2.75) is 50.5 Å². The Bertz CT molecular complexity index is 1170. The van der Waals surface area contributed by atoms with Gasteiger partial charge in [-0.15, -0.1) is 0 Å². The van der Waals surface area contributed by atoms with Crippen LogP contribution in [-0.2, 0) is 32.1 Å². The van der Waals surface area contributed by atoms with Crippen molar-refractivity contribution in [3.63, 3.8) is 0 Å². The van der Waals surface area contributed by atoms with Crippen LogP contribution in [0.2, 0.25) is 0 Å². The summed E-state index contributed by atoms with van der Waals surface area (Å²) in [6.07, 6.45) is 3.28. The first-order chi connectivity index (χ1) is 19.8. The molecule has 2 unspecified atom stereocenters. The summed E-state index contributed by atoms with van der Waals surface area (Å²) in [4.78, 5) is 48.3. The molecule has 1 aliphatic heterocycles. The van der Waals surface area contributed by atoms with Gasteiger partial charge in [0.2, 0.25) is 5.91 Å². The third kappa shape index (κ3) is 11.5. The van der Waals surface area contributed by atoms with Crippen molar-refractivity contribution < 1.29 is 33.8 Å². The molecule has 11 heteroatoms. The van der Waals surface area contributed by atoms with Gasteiger partial charge in [0.15, 0.2) is 5.78 Å². The highest BCUT2D eigenvalue weighted by atomic mass is 16.5. The van der Waals surface area contributed by atoms with Crippen molar-refractivity contribution in [2.24, 2.45) is 5.73 Å². The zero-order valence-electron chi connectivity index (χ0n) is 22.9. The smallest absolute Gasteiger partial charge is 0.407 e. The number of nitrogens with one attached hydrogen (secondary N) is 3. The molecule has 11 nitrogen and oxygen atoms in total. The van der Waals surface area contributed by atoms with Crippen LogP contribution in [0.5, 0.6) is 0 Å². The van der Waals surface area contributed by atoms with Crippen molar-refractivity contribution in [3.8, 4) is 0 Å². The lowest BCUT2D eigenvalue weighted by Gasteiger charge is -2.22. The molecule has 0 aromatic heterocycles. The molecule has 3 atom stereocenters. The molecule has 0 aliphatic carbocycles. The summed E-state index contributed by atoms with van der Waals surface area (Å²) >= 11 is 0. The zero-order valence-corrected chi connectivity index (χ0v) is 22.9. The summed E-state index contributed by atoms with van der Waals surface area (Å²) in [5.74, 6) is -1.65. The Labute approximate surface area is 239 Å². The van der Waals surface area contributed by atoms with Crippen LogP contribution in [-0.4, -0.2) is 73.3 Å². The maximum atomic E-state index is 12.8. The van der Waals surface area contributed by atoms with Crippen LogP contribution >= 0.6 is 0 Å². The number of rotatable bonds is 15. The predicted molar refractivity (Wildman–Crippen MR) is 152 cm³/mol. The third-order valence-corrected chi connectivity index (χ3v) is 6.47. The number of nitrogens with two attached hydrogens (primary N) is 1. The van der Waals surface area contributed by atoms with Crippen molar-refractivity contribution in [3.05, 3.63) is 83.4 Å². The molecule has 41 heavy (non-hydrogen) atoms. The van der Waals surface area contributed by atoms with E-state index in [0.29, 0.717) is 44.5 Å². The van der Waals surface area contributed by atoms with E-state index in [1.54, 1.807) is 24.3 Å². The van der Waals surface area contributed by atoms with Gasteiger partial charge in [-0.1, -0.05) is 60.7 Å². The number of carboxylic acid groups (broad SMARTS) is 1. The van der Waals surface area contributed by atoms with Gasteiger partial charge in [0, 0.05) is 37.3 Å². The fourth-order valence-corrected chi connectivity index (χ4v) is 4.23. The number of carboxylic acids is 1. The maximum absolute atomic E-state index is 12.8. The van der Waals surface area contributed by atoms with Gasteiger partial charge in [0.05, 0.1) is 12.6 Å². The Kier molecular flexibility index (Phi) is 13.0. The average Bonchev–Trinajstić information content (AvgIpc) is 2.99. The molecule has 2 amide bonds. The number of aliphatic carboxylic acids is 1. The molecule has 0 bridgehead atoms. The van der Waals surface area contributed by atoms with Gasteiger partial charge in [-0.25, -0.2) is 9.59 Å². The van der Waals surface area contributed by atoms with Crippen LogP contribution in [0.4, 0.5) is 4.79 Å². The molecule has 2 aromatic carbocycles. The standard InChI is InChI=1S/C30H38N4O7/c31-25(18-21-9-11-23(12-10-21)28(37)26-19-32-16-17-40-26)29(38)34-24(13-14-27(35)36)8-4-5-15-33-30(39)41-20-22-6-2-1-3-7-22/h1-3,6-7,9-14,24-26,32H,4-5,8,15-20,31H2,(H,33,39)(H,34,38)(H,35,36)/t24?,25-,26?/m0/s1. The van der Waals surface area contributed by atoms with Crippen LogP contribution in [0.3, 0.4) is 0 Å². The van der Waals surface area contributed by atoms with Crippen molar-refractivity contribution in [1.29, 1.82) is 0 Å². The fourth-order valence-electron chi connectivity index (χ4n) is 4.23. The second-order valence-corrected chi connectivity index (χ2v) is 9.73. The van der Waals surface area contributed by atoms with Gasteiger partial charge in [-0.2, -0.15) is 0 Å². The first-order valence-corrected chi connectivity index (χ1v) is 13.7. The molecule has 0 saturated carbocycles. The first-order valence-electron chi connectivity index (χ1n) is 13.7. The van der Waals surface area contributed by atoms with Crippen molar-refractivity contribution in [1.82, 2.24) is 16.0 Å². The summed E-state index contributed by atoms with van der Waals surface area (Å²) in [5, 5.41) is 17.6. The maximum Gasteiger partial charge on any atom is 0.407 e. The molecule has 220 valence electrons. The normalized spacial score (nSPS) is 16.5. The monoisotopic (exact) mass is 566 g/mol. The molecular weight excluding hydrogens is 528 g/mol. The minimum Gasteiger partial charge on any atom is -0.478 e. The third-order valence-electron chi connectivity index (χ3n) is 6.47. The Morgan fingerprint density at radius 1 is 1.07 bits per heavy atom. The molecule has 1 saturated heterocycles. The highest BCUT2D eigenvalue weighted by Crippen LogP contribution is 2.12. The molecule has 6 N–H and O–H groups in total. The molecule has 3 rings (SSSR count). The van der Waals surface area contributed by atoms with Crippen molar-refractivity contribution >= 4 is 23.8 Å². The number of amides is 2. The van der Waals surface area contributed by atoms with E-state index in [1.165, 1.54) is 6.08 Å². The number of Topliss-reactive ketones (excluding diaryl/α,β-unsaturated/α-hetero) is 1. The van der Waals surface area contributed by atoms with Gasteiger partial charge >= 0.3 is 12.1 Å². The largest absolute Gasteiger partial charge is 0.478 e. The van der Waals surface area contributed by atoms with Crippen LogP contribution in [0, 0.1) is 0 Å². The van der Waals surface area contributed by atoms with Crippen LogP contribution in [0.25, 0.3) is 0 Å². The zero-order chi connectivity index (χ0) is 29.5. The lowest BCUT2D eigenvalue weighted by Crippen LogP contribution is -2.46. The first kappa shape index (κ1) is 31.5. The van der Waals surface area contributed by atoms with Gasteiger partial charge in [0.25, 0.3) is 0 Å². The summed E-state index contributed by atoms with van der Waals surface area (Å²) in [5.41, 5.74) is 8.34. The van der Waals surface area contributed by atoms with Gasteiger partial charge in [-0.3, -0.25) is 9.59 Å². The summed E-state index contributed by atoms with van der Waals surface area (Å²) in [6, 6.07) is 14.8. The average molecular weight is 567 g/mol. The number of carbonyl (C=O) groups excluding carboxylic acids is 3. The van der Waals surface area contributed by atoms with Crippen LogP contribution < -0.4 is 21.7 Å². The van der Waals surface area contributed by atoms with Gasteiger partial charge < -0.3 is 36.3 Å². The Morgan fingerprint density at radius 3 is 2.51 bits per heavy atom. The predicted octanol–water partition coefficient (Wildman–Crippen LogP) is 1.95. The van der Waals surface area contributed by atoms with E-state index in [9.17, 15) is 19.2 Å². The topological polar surface area (TPSA) is 169 Å². The second kappa shape index (κ2) is 16.9. The minimum atomic E-state index is -1.12. The van der Waals surface area contributed by atoms with Gasteiger partial charge in [0.1, 0.15) is 12.7 Å². The number of ketones is 1. The Morgan fingerprint density at radius 2 is 1.83 bits per heavy atom. The molecule has 1 heterocycles. The van der Waals surface area contributed by atoms with E-state index in [4.69, 9.17) is 20.3 Å². The second-order valence-electron chi connectivity index (χ2n) is 9.73. The number of unbranched alkanes of at least 4 members (excludes halogenated alkanes) is 1. The lowest BCUT2D eigenvalue weighted by molar-refractivity contribution is -0.131. The number of ether oxygens (including phenoxy) is 2. The number of hydrogen-bond donors (Lipinski definition) is 5. The fraction of sp³-hybridized carbons (Fsp3) is 0.400. The summed E-state index contributed by atoms with van der Waals surface area (Å²) in [6.45, 7) is 2.23. The number of benzene rings is 2. The minimum absolute atomic E-state index is 0.0990. The van der Waals surface area contributed by atoms with E-state index < -0.39 is 36.2 Å². The molecular formula is C30H38N4O7. The van der Waals surface area contributed by atoms with Crippen LogP contribution in [0.15, 0.2) is 66.7 Å². The van der Waals surface area contributed by atoms with E-state index in [0.717, 1.165) is 23.7 Å². The van der Waals surface area contributed by atoms with E-state index in [-0.39, 0.29) is 18.8 Å². The SMILES string of the molecule is N[C@@H](Cc1ccc(C(=O)C2CNCCO2)cc1)C(=O)NC(C=CC(=O)O)CCCCNC(=O)OCc1ccccc1. The lowest BCUT2D eigenvalue weighted by atomic mass is 10.00. The Balaban J connectivity index is 1.41. The number of carbonyl (C=O) groups is 4. The number of alkyl carbamates (subject to hydrolysis) is 1. The number of morpholine rings is 1. The van der Waals surface area contributed by atoms with Gasteiger partial charge in [-0.05, 0) is 36.8 Å². The van der Waals surface area contributed by atoms with E-state index in [1.807, 2.05) is 30.3 Å².